The molecule has 0 saturated heterocycles. The van der Waals surface area contributed by atoms with E-state index in [2.05, 4.69) is 15.5 Å². The number of pyridine rings is 1. The van der Waals surface area contributed by atoms with Crippen molar-refractivity contribution < 1.29 is 18.7 Å². The second kappa shape index (κ2) is 8.96. The molecule has 1 amide bonds. The van der Waals surface area contributed by atoms with E-state index >= 15 is 0 Å². The Morgan fingerprint density at radius 3 is 2.75 bits per heavy atom. The molecule has 7 nitrogen and oxygen atoms in total. The number of ether oxygens (including phenoxy) is 1. The van der Waals surface area contributed by atoms with Gasteiger partial charge in [-0.3, -0.25) is 9.78 Å². The molecule has 0 aliphatic heterocycles. The quantitative estimate of drug-likeness (QED) is 0.386. The van der Waals surface area contributed by atoms with Crippen molar-refractivity contribution in [3.63, 3.8) is 0 Å². The topological polar surface area (TPSA) is 93.8 Å². The lowest BCUT2D eigenvalue weighted by atomic mass is 10.1. The predicted octanol–water partition coefficient (Wildman–Crippen LogP) is 3.94. The van der Waals surface area contributed by atoms with E-state index in [1.54, 1.807) is 49.4 Å². The summed E-state index contributed by atoms with van der Waals surface area (Å²) < 4.78 is 10.7. The zero-order chi connectivity index (χ0) is 19.9. The van der Waals surface area contributed by atoms with Crippen molar-refractivity contribution >= 4 is 29.7 Å². The van der Waals surface area contributed by atoms with Gasteiger partial charge < -0.3 is 9.15 Å². The molecule has 0 radical (unpaired) electrons. The molecule has 0 spiro atoms. The van der Waals surface area contributed by atoms with Crippen molar-refractivity contribution in [2.45, 2.75) is 6.92 Å². The second-order valence-corrected chi connectivity index (χ2v) is 5.96. The van der Waals surface area contributed by atoms with E-state index in [1.165, 1.54) is 18.6 Å². The summed E-state index contributed by atoms with van der Waals surface area (Å²) in [6, 6.07) is 11.5. The Balaban J connectivity index is 1.71. The number of nitrogens with one attached hydrogen (secondary N) is 1. The Morgan fingerprint density at radius 2 is 2.00 bits per heavy atom. The SMILES string of the molecule is CCOC(=O)c1cc(-c2ccc(/C=N\NC(=O)c3ccncc3)o2)ccc1Cl. The lowest BCUT2D eigenvalue weighted by molar-refractivity contribution is 0.0526. The van der Waals surface area contributed by atoms with Crippen LogP contribution in [-0.4, -0.2) is 29.7 Å². The van der Waals surface area contributed by atoms with E-state index in [-0.39, 0.29) is 18.1 Å². The minimum absolute atomic E-state index is 0.256. The molecule has 8 heteroatoms. The van der Waals surface area contributed by atoms with Gasteiger partial charge >= 0.3 is 5.97 Å². The maximum absolute atomic E-state index is 12.0. The van der Waals surface area contributed by atoms with Crippen molar-refractivity contribution in [2.75, 3.05) is 6.61 Å². The van der Waals surface area contributed by atoms with Crippen molar-refractivity contribution in [2.24, 2.45) is 5.10 Å². The molecule has 2 aromatic heterocycles. The third-order valence-electron chi connectivity index (χ3n) is 3.67. The number of rotatable bonds is 6. The van der Waals surface area contributed by atoms with Crippen LogP contribution in [0.25, 0.3) is 11.3 Å². The Hall–Kier alpha value is -3.45. The molecule has 1 N–H and O–H groups in total. The average molecular weight is 398 g/mol. The van der Waals surface area contributed by atoms with Gasteiger partial charge in [0.25, 0.3) is 5.91 Å². The maximum Gasteiger partial charge on any atom is 0.339 e. The molecule has 142 valence electrons. The molecule has 0 aliphatic carbocycles. The minimum atomic E-state index is -0.499. The van der Waals surface area contributed by atoms with Crippen LogP contribution in [0.15, 0.2) is 64.4 Å². The van der Waals surface area contributed by atoms with E-state index in [4.69, 9.17) is 20.8 Å². The molecule has 3 rings (SSSR count). The number of benzene rings is 1. The van der Waals surface area contributed by atoms with Gasteiger partial charge in [-0.05, 0) is 49.4 Å². The van der Waals surface area contributed by atoms with Gasteiger partial charge in [-0.25, -0.2) is 10.2 Å². The molecular weight excluding hydrogens is 382 g/mol. The Kier molecular flexibility index (Phi) is 6.18. The molecule has 1 aromatic carbocycles. The molecule has 3 aromatic rings. The molecule has 0 fully saturated rings. The standard InChI is InChI=1S/C20H16ClN3O4/c1-2-27-20(26)16-11-14(3-5-17(16)21)18-6-4-15(28-18)12-23-24-19(25)13-7-9-22-10-8-13/h3-12H,2H2,1H3,(H,24,25)/b23-12-. The van der Waals surface area contributed by atoms with Gasteiger partial charge in [0.15, 0.2) is 0 Å². The van der Waals surface area contributed by atoms with Gasteiger partial charge in [0.2, 0.25) is 0 Å². The van der Waals surface area contributed by atoms with Gasteiger partial charge in [-0.1, -0.05) is 11.6 Å². The number of hydrogen-bond donors (Lipinski definition) is 1. The number of carbonyl (C=O) groups is 2. The highest BCUT2D eigenvalue weighted by Crippen LogP contribution is 2.27. The molecule has 0 aliphatic rings. The number of halogens is 1. The third kappa shape index (κ3) is 4.63. The first-order valence-corrected chi connectivity index (χ1v) is 8.76. The molecule has 0 atom stereocenters. The first-order valence-electron chi connectivity index (χ1n) is 8.38. The second-order valence-electron chi connectivity index (χ2n) is 5.55. The summed E-state index contributed by atoms with van der Waals surface area (Å²) >= 11 is 6.07. The number of esters is 1. The molecule has 0 unspecified atom stereocenters. The van der Waals surface area contributed by atoms with Crippen LogP contribution in [0.5, 0.6) is 0 Å². The predicted molar refractivity (Wildman–Crippen MR) is 104 cm³/mol. The van der Waals surface area contributed by atoms with Gasteiger partial charge in [0.05, 0.1) is 23.4 Å². The summed E-state index contributed by atoms with van der Waals surface area (Å²) in [5, 5.41) is 4.18. The van der Waals surface area contributed by atoms with Gasteiger partial charge in [0, 0.05) is 23.5 Å². The maximum atomic E-state index is 12.0. The van der Waals surface area contributed by atoms with Crippen LogP contribution >= 0.6 is 11.6 Å². The Labute approximate surface area is 166 Å². The van der Waals surface area contributed by atoms with Gasteiger partial charge in [-0.15, -0.1) is 0 Å². The average Bonchev–Trinajstić information content (AvgIpc) is 3.18. The van der Waals surface area contributed by atoms with Crippen molar-refractivity contribution in [3.8, 4) is 11.3 Å². The number of nitrogens with zero attached hydrogens (tertiary/aromatic N) is 2. The molecule has 0 saturated carbocycles. The highest BCUT2D eigenvalue weighted by atomic mass is 35.5. The van der Waals surface area contributed by atoms with Crippen LogP contribution in [0.3, 0.4) is 0 Å². The van der Waals surface area contributed by atoms with E-state index in [1.807, 2.05) is 0 Å². The summed E-state index contributed by atoms with van der Waals surface area (Å²) in [4.78, 5) is 27.7. The van der Waals surface area contributed by atoms with Gasteiger partial charge in [-0.2, -0.15) is 5.10 Å². The van der Waals surface area contributed by atoms with Crippen molar-refractivity contribution in [1.82, 2.24) is 10.4 Å². The smallest absolute Gasteiger partial charge is 0.339 e. The normalized spacial score (nSPS) is 10.8. The number of amides is 1. The van der Waals surface area contributed by atoms with Crippen molar-refractivity contribution in [3.05, 3.63) is 76.8 Å². The van der Waals surface area contributed by atoms with Crippen LogP contribution in [0.4, 0.5) is 0 Å². The fraction of sp³-hybridized carbons (Fsp3) is 0.100. The van der Waals surface area contributed by atoms with E-state index in [0.29, 0.717) is 27.7 Å². The zero-order valence-electron chi connectivity index (χ0n) is 14.9. The van der Waals surface area contributed by atoms with Crippen LogP contribution in [0.2, 0.25) is 5.02 Å². The van der Waals surface area contributed by atoms with E-state index < -0.39 is 5.97 Å². The summed E-state index contributed by atoms with van der Waals surface area (Å²) in [5.74, 6) is 0.0884. The summed E-state index contributed by atoms with van der Waals surface area (Å²) in [7, 11) is 0. The fourth-order valence-corrected chi connectivity index (χ4v) is 2.54. The molecule has 2 heterocycles. The monoisotopic (exact) mass is 397 g/mol. The fourth-order valence-electron chi connectivity index (χ4n) is 2.34. The van der Waals surface area contributed by atoms with Crippen LogP contribution in [0.1, 0.15) is 33.4 Å². The van der Waals surface area contributed by atoms with Crippen LogP contribution < -0.4 is 5.43 Å². The molecule has 28 heavy (non-hydrogen) atoms. The lowest BCUT2D eigenvalue weighted by Crippen LogP contribution is -2.17. The number of aromatic nitrogens is 1. The number of hydrogen-bond acceptors (Lipinski definition) is 6. The van der Waals surface area contributed by atoms with Crippen molar-refractivity contribution in [1.29, 1.82) is 0 Å². The summed E-state index contributed by atoms with van der Waals surface area (Å²) in [6.07, 6.45) is 4.42. The Morgan fingerprint density at radius 1 is 1.21 bits per heavy atom. The van der Waals surface area contributed by atoms with E-state index in [9.17, 15) is 9.59 Å². The Bertz CT molecular complexity index is 1020. The van der Waals surface area contributed by atoms with Gasteiger partial charge in [0.1, 0.15) is 11.5 Å². The first kappa shape index (κ1) is 19.3. The molecular formula is C20H16ClN3O4. The van der Waals surface area contributed by atoms with Crippen LogP contribution in [0, 0.1) is 0 Å². The first-order chi connectivity index (χ1) is 13.6. The summed E-state index contributed by atoms with van der Waals surface area (Å²) in [6.45, 7) is 1.98. The minimum Gasteiger partial charge on any atom is -0.462 e. The number of hydrazone groups is 1. The zero-order valence-corrected chi connectivity index (χ0v) is 15.6. The van der Waals surface area contributed by atoms with Crippen LogP contribution in [-0.2, 0) is 4.74 Å². The number of furan rings is 1. The highest BCUT2D eigenvalue weighted by Gasteiger charge is 2.14. The third-order valence-corrected chi connectivity index (χ3v) is 4.00. The summed E-state index contributed by atoms with van der Waals surface area (Å²) in [5.41, 5.74) is 3.77. The largest absolute Gasteiger partial charge is 0.462 e. The highest BCUT2D eigenvalue weighted by molar-refractivity contribution is 6.33. The van der Waals surface area contributed by atoms with E-state index in [0.717, 1.165) is 0 Å². The lowest BCUT2D eigenvalue weighted by Gasteiger charge is -2.05. The molecule has 0 bridgehead atoms. The number of carbonyl (C=O) groups excluding carboxylic acids is 2.